The van der Waals surface area contributed by atoms with Crippen LogP contribution in [0.15, 0.2) is 34.2 Å². The number of benzene rings is 1. The lowest BCUT2D eigenvalue weighted by Crippen LogP contribution is -2.39. The minimum absolute atomic E-state index is 0. The molecule has 0 radical (unpaired) electrons. The Morgan fingerprint density at radius 3 is 2.60 bits per heavy atom. The van der Waals surface area contributed by atoms with E-state index in [9.17, 15) is 18.5 Å². The number of nitro benzene ring substituents is 1. The highest BCUT2D eigenvalue weighted by atomic mass is 127. The number of hydrogen-bond donors (Lipinski definition) is 3. The van der Waals surface area contributed by atoms with Crippen LogP contribution in [-0.2, 0) is 14.8 Å². The van der Waals surface area contributed by atoms with E-state index in [0.717, 1.165) is 12.5 Å². The number of non-ortho nitro benzene ring substituents is 1. The Labute approximate surface area is 195 Å². The third kappa shape index (κ3) is 11.6. The molecule has 0 aromatic heterocycles. The van der Waals surface area contributed by atoms with Crippen molar-refractivity contribution in [2.24, 2.45) is 10.9 Å². The zero-order valence-corrected chi connectivity index (χ0v) is 20.7. The minimum Gasteiger partial charge on any atom is -0.380 e. The smallest absolute Gasteiger partial charge is 0.270 e. The van der Waals surface area contributed by atoms with Gasteiger partial charge in [0, 0.05) is 38.4 Å². The molecule has 0 aliphatic carbocycles. The number of nitro groups is 1. The van der Waals surface area contributed by atoms with Crippen LogP contribution in [-0.4, -0.2) is 58.7 Å². The standard InChI is InChI=1S/C18H31N5O5S.HI/c1-4-19-18(21-11-13-28-12-8-15(2)3)20-9-10-22-29(26,27)17-7-5-6-16(14-17)23(24)25;/h5-7,14-15,22H,4,8-13H2,1-3H3,(H2,19,20,21);1H. The number of ether oxygens (including phenoxy) is 1. The van der Waals surface area contributed by atoms with Gasteiger partial charge in [0.05, 0.1) is 23.0 Å². The van der Waals surface area contributed by atoms with Crippen molar-refractivity contribution in [3.8, 4) is 0 Å². The van der Waals surface area contributed by atoms with E-state index < -0.39 is 14.9 Å². The Morgan fingerprint density at radius 2 is 1.97 bits per heavy atom. The highest BCUT2D eigenvalue weighted by Crippen LogP contribution is 2.16. The summed E-state index contributed by atoms with van der Waals surface area (Å²) in [7, 11) is -3.85. The van der Waals surface area contributed by atoms with Crippen molar-refractivity contribution in [2.75, 3.05) is 39.4 Å². The molecule has 0 aliphatic heterocycles. The van der Waals surface area contributed by atoms with Gasteiger partial charge in [-0.1, -0.05) is 19.9 Å². The van der Waals surface area contributed by atoms with E-state index in [1.54, 1.807) is 0 Å². The van der Waals surface area contributed by atoms with E-state index in [-0.39, 0.29) is 47.6 Å². The SMILES string of the molecule is CCNC(=NCCNS(=O)(=O)c1cccc([N+](=O)[O-])c1)NCCOCCC(C)C.I. The van der Waals surface area contributed by atoms with E-state index in [0.29, 0.717) is 38.2 Å². The quantitative estimate of drug-likeness (QED) is 0.0845. The number of hydrogen-bond acceptors (Lipinski definition) is 6. The monoisotopic (exact) mass is 557 g/mol. The molecule has 12 heteroatoms. The van der Waals surface area contributed by atoms with Crippen LogP contribution >= 0.6 is 24.0 Å². The summed E-state index contributed by atoms with van der Waals surface area (Å²) in [6.45, 7) is 9.01. The predicted octanol–water partition coefficient (Wildman–Crippen LogP) is 2.11. The number of nitrogens with one attached hydrogen (secondary N) is 3. The fraction of sp³-hybridized carbons (Fsp3) is 0.611. The zero-order valence-electron chi connectivity index (χ0n) is 17.6. The molecule has 1 aromatic rings. The molecule has 0 saturated carbocycles. The van der Waals surface area contributed by atoms with Crippen molar-refractivity contribution in [3.05, 3.63) is 34.4 Å². The molecule has 30 heavy (non-hydrogen) atoms. The maximum absolute atomic E-state index is 12.3. The zero-order chi connectivity index (χ0) is 21.7. The molecule has 0 heterocycles. The molecule has 0 atom stereocenters. The maximum Gasteiger partial charge on any atom is 0.270 e. The summed E-state index contributed by atoms with van der Waals surface area (Å²) in [6, 6.07) is 4.91. The fourth-order valence-electron chi connectivity index (χ4n) is 2.20. The molecule has 172 valence electrons. The van der Waals surface area contributed by atoms with Gasteiger partial charge in [-0.25, -0.2) is 13.1 Å². The number of nitrogens with zero attached hydrogens (tertiary/aromatic N) is 2. The Kier molecular flexibility index (Phi) is 14.5. The molecule has 1 aromatic carbocycles. The van der Waals surface area contributed by atoms with Gasteiger partial charge in [0.25, 0.3) is 5.69 Å². The van der Waals surface area contributed by atoms with Crippen molar-refractivity contribution < 1.29 is 18.1 Å². The number of rotatable bonds is 13. The largest absolute Gasteiger partial charge is 0.380 e. The molecule has 0 spiro atoms. The molecule has 0 bridgehead atoms. The maximum atomic E-state index is 12.3. The molecule has 10 nitrogen and oxygen atoms in total. The second-order valence-electron chi connectivity index (χ2n) is 6.63. The van der Waals surface area contributed by atoms with Gasteiger partial charge >= 0.3 is 0 Å². The van der Waals surface area contributed by atoms with Crippen LogP contribution in [0.5, 0.6) is 0 Å². The van der Waals surface area contributed by atoms with Crippen molar-refractivity contribution >= 4 is 45.6 Å². The molecule has 0 fully saturated rings. The van der Waals surface area contributed by atoms with E-state index in [1.807, 2.05) is 6.92 Å². The summed E-state index contributed by atoms with van der Waals surface area (Å²) >= 11 is 0. The number of sulfonamides is 1. The highest BCUT2D eigenvalue weighted by molar-refractivity contribution is 14.0. The average molecular weight is 557 g/mol. The van der Waals surface area contributed by atoms with Crippen molar-refractivity contribution in [3.63, 3.8) is 0 Å². The van der Waals surface area contributed by atoms with E-state index in [1.165, 1.54) is 18.2 Å². The van der Waals surface area contributed by atoms with Crippen LogP contribution in [0, 0.1) is 16.0 Å². The first kappa shape index (κ1) is 28.5. The summed E-state index contributed by atoms with van der Waals surface area (Å²) in [5, 5.41) is 17.0. The lowest BCUT2D eigenvalue weighted by atomic mass is 10.1. The van der Waals surface area contributed by atoms with Gasteiger partial charge in [-0.2, -0.15) is 0 Å². The third-order valence-corrected chi connectivity index (χ3v) is 5.19. The number of halogens is 1. The van der Waals surface area contributed by atoms with Gasteiger partial charge in [-0.05, 0) is 25.3 Å². The topological polar surface area (TPSA) is 135 Å². The van der Waals surface area contributed by atoms with E-state index >= 15 is 0 Å². The first-order chi connectivity index (χ1) is 13.8. The average Bonchev–Trinajstić information content (AvgIpc) is 2.67. The second kappa shape index (κ2) is 15.3. The van der Waals surface area contributed by atoms with Crippen LogP contribution < -0.4 is 15.4 Å². The van der Waals surface area contributed by atoms with Gasteiger partial charge in [0.2, 0.25) is 10.0 Å². The van der Waals surface area contributed by atoms with Crippen molar-refractivity contribution in [2.45, 2.75) is 32.1 Å². The second-order valence-corrected chi connectivity index (χ2v) is 8.40. The fourth-order valence-corrected chi connectivity index (χ4v) is 3.26. The van der Waals surface area contributed by atoms with E-state index in [2.05, 4.69) is 34.2 Å². The van der Waals surface area contributed by atoms with Gasteiger partial charge in [0.1, 0.15) is 0 Å². The molecule has 0 unspecified atom stereocenters. The molecule has 1 rings (SSSR count). The summed E-state index contributed by atoms with van der Waals surface area (Å²) in [4.78, 5) is 14.3. The Morgan fingerprint density at radius 1 is 1.23 bits per heavy atom. The van der Waals surface area contributed by atoms with Gasteiger partial charge in [-0.15, -0.1) is 24.0 Å². The lowest BCUT2D eigenvalue weighted by Gasteiger charge is -2.12. The number of guanidine groups is 1. The Bertz CT molecular complexity index is 774. The molecule has 0 saturated heterocycles. The summed E-state index contributed by atoms with van der Waals surface area (Å²) in [5.41, 5.74) is -0.278. The van der Waals surface area contributed by atoms with Crippen LogP contribution in [0.25, 0.3) is 0 Å². The number of aliphatic imine (C=N–C) groups is 1. The molecule has 0 aliphatic rings. The first-order valence-electron chi connectivity index (χ1n) is 9.60. The van der Waals surface area contributed by atoms with Gasteiger partial charge in [-0.3, -0.25) is 15.1 Å². The van der Waals surface area contributed by atoms with Crippen LogP contribution in [0.2, 0.25) is 0 Å². The van der Waals surface area contributed by atoms with Gasteiger partial charge < -0.3 is 15.4 Å². The van der Waals surface area contributed by atoms with Crippen LogP contribution in [0.1, 0.15) is 27.2 Å². The van der Waals surface area contributed by atoms with Crippen LogP contribution in [0.3, 0.4) is 0 Å². The Hall–Kier alpha value is -1.51. The van der Waals surface area contributed by atoms with Crippen molar-refractivity contribution in [1.82, 2.24) is 15.4 Å². The molecular formula is C18H32IN5O5S. The van der Waals surface area contributed by atoms with Crippen molar-refractivity contribution in [1.29, 1.82) is 0 Å². The highest BCUT2D eigenvalue weighted by Gasteiger charge is 2.16. The predicted molar refractivity (Wildman–Crippen MR) is 128 cm³/mol. The third-order valence-electron chi connectivity index (χ3n) is 3.74. The minimum atomic E-state index is -3.85. The molecular weight excluding hydrogens is 525 g/mol. The molecule has 0 amide bonds. The lowest BCUT2D eigenvalue weighted by molar-refractivity contribution is -0.385. The first-order valence-corrected chi connectivity index (χ1v) is 11.1. The summed E-state index contributed by atoms with van der Waals surface area (Å²) < 4.78 is 32.5. The van der Waals surface area contributed by atoms with Gasteiger partial charge in [0.15, 0.2) is 5.96 Å². The van der Waals surface area contributed by atoms with Crippen LogP contribution in [0.4, 0.5) is 5.69 Å². The van der Waals surface area contributed by atoms with E-state index in [4.69, 9.17) is 4.74 Å². The normalized spacial score (nSPS) is 11.8. The Balaban J connectivity index is 0.00000841. The summed E-state index contributed by atoms with van der Waals surface area (Å²) in [6.07, 6.45) is 1.01. The summed E-state index contributed by atoms with van der Waals surface area (Å²) in [5.74, 6) is 1.17. The molecule has 3 N–H and O–H groups in total.